The molecule has 1 aliphatic heterocycles. The third kappa shape index (κ3) is 5.42. The second kappa shape index (κ2) is 7.94. The van der Waals surface area contributed by atoms with E-state index in [0.717, 1.165) is 19.1 Å². The van der Waals surface area contributed by atoms with Crippen LogP contribution in [-0.2, 0) is 25.6 Å². The molecule has 0 radical (unpaired) electrons. The summed E-state index contributed by atoms with van der Waals surface area (Å²) in [6, 6.07) is 6.06. The fourth-order valence-corrected chi connectivity index (χ4v) is 5.00. The van der Waals surface area contributed by atoms with E-state index in [0.29, 0.717) is 25.2 Å². The van der Waals surface area contributed by atoms with Crippen molar-refractivity contribution in [2.45, 2.75) is 23.5 Å². The minimum absolute atomic E-state index is 0. The number of sulfonamides is 1. The van der Waals surface area contributed by atoms with E-state index in [-0.39, 0.29) is 29.0 Å². The molecule has 0 bridgehead atoms. The van der Waals surface area contributed by atoms with E-state index < -0.39 is 19.9 Å². The first kappa shape index (κ1) is 20.4. The van der Waals surface area contributed by atoms with E-state index in [9.17, 15) is 16.8 Å². The summed E-state index contributed by atoms with van der Waals surface area (Å²) in [6.07, 6.45) is 2.92. The Hall–Kier alpha value is -0.670. The standard InChI is InChI=1S/C14H22N2O4S2.ClH/c1-21(17,18)11-12-4-6-14(7-5-12)22(19,20)16-8-2-3-13(9-15)10-16;/h4-7,13H,2-3,8-11,15H2,1H3;1H. The second-order valence-electron chi connectivity index (χ2n) is 5.82. The molecule has 1 aliphatic rings. The Bertz CT molecular complexity index is 718. The highest BCUT2D eigenvalue weighted by Crippen LogP contribution is 2.23. The molecule has 0 saturated carbocycles. The smallest absolute Gasteiger partial charge is 0.243 e. The lowest BCUT2D eigenvalue weighted by atomic mass is 10.0. The van der Waals surface area contributed by atoms with Gasteiger partial charge >= 0.3 is 0 Å². The zero-order valence-corrected chi connectivity index (χ0v) is 15.5. The molecule has 1 heterocycles. The maximum absolute atomic E-state index is 12.6. The number of halogens is 1. The molecule has 2 rings (SSSR count). The maximum Gasteiger partial charge on any atom is 0.243 e. The molecule has 132 valence electrons. The SMILES string of the molecule is CS(=O)(=O)Cc1ccc(S(=O)(=O)N2CCCC(CN)C2)cc1.Cl. The molecule has 6 nitrogen and oxygen atoms in total. The van der Waals surface area contributed by atoms with Gasteiger partial charge in [0.1, 0.15) is 0 Å². The quantitative estimate of drug-likeness (QED) is 0.819. The number of sulfone groups is 1. The van der Waals surface area contributed by atoms with Crippen molar-refractivity contribution in [3.8, 4) is 0 Å². The van der Waals surface area contributed by atoms with Crippen molar-refractivity contribution >= 4 is 32.3 Å². The molecule has 1 aromatic carbocycles. The van der Waals surface area contributed by atoms with Gasteiger partial charge in [0.05, 0.1) is 10.6 Å². The van der Waals surface area contributed by atoms with Gasteiger partial charge < -0.3 is 5.73 Å². The molecule has 1 aromatic rings. The summed E-state index contributed by atoms with van der Waals surface area (Å²) < 4.78 is 49.2. The van der Waals surface area contributed by atoms with Crippen LogP contribution >= 0.6 is 12.4 Å². The highest BCUT2D eigenvalue weighted by Gasteiger charge is 2.29. The topological polar surface area (TPSA) is 97.5 Å². The van der Waals surface area contributed by atoms with E-state index in [1.165, 1.54) is 16.4 Å². The first-order valence-electron chi connectivity index (χ1n) is 7.19. The largest absolute Gasteiger partial charge is 0.330 e. The molecule has 1 unspecified atom stereocenters. The molecule has 0 amide bonds. The third-order valence-electron chi connectivity index (χ3n) is 3.81. The van der Waals surface area contributed by atoms with Gasteiger partial charge in [0.15, 0.2) is 9.84 Å². The van der Waals surface area contributed by atoms with Crippen LogP contribution in [0.2, 0.25) is 0 Å². The van der Waals surface area contributed by atoms with Crippen molar-refractivity contribution in [2.75, 3.05) is 25.9 Å². The Morgan fingerprint density at radius 2 is 1.78 bits per heavy atom. The molecule has 1 atom stereocenters. The Morgan fingerprint density at radius 3 is 2.30 bits per heavy atom. The second-order valence-corrected chi connectivity index (χ2v) is 9.90. The molecule has 23 heavy (non-hydrogen) atoms. The van der Waals surface area contributed by atoms with E-state index in [4.69, 9.17) is 5.73 Å². The average molecular weight is 383 g/mol. The van der Waals surface area contributed by atoms with Crippen molar-refractivity contribution in [3.05, 3.63) is 29.8 Å². The number of benzene rings is 1. The first-order chi connectivity index (χ1) is 10.2. The van der Waals surface area contributed by atoms with E-state index >= 15 is 0 Å². The summed E-state index contributed by atoms with van der Waals surface area (Å²) in [4.78, 5) is 0.197. The minimum Gasteiger partial charge on any atom is -0.330 e. The van der Waals surface area contributed by atoms with Gasteiger partial charge in [-0.1, -0.05) is 12.1 Å². The fraction of sp³-hybridized carbons (Fsp3) is 0.571. The Balaban J connectivity index is 0.00000264. The van der Waals surface area contributed by atoms with Gasteiger partial charge in [0.25, 0.3) is 0 Å². The third-order valence-corrected chi connectivity index (χ3v) is 6.54. The summed E-state index contributed by atoms with van der Waals surface area (Å²) in [6.45, 7) is 1.44. The van der Waals surface area contributed by atoms with Crippen LogP contribution in [0.3, 0.4) is 0 Å². The zero-order chi connectivity index (χ0) is 16.4. The van der Waals surface area contributed by atoms with Gasteiger partial charge in [-0.15, -0.1) is 12.4 Å². The molecule has 0 aromatic heterocycles. The number of nitrogens with zero attached hydrogens (tertiary/aromatic N) is 1. The van der Waals surface area contributed by atoms with Crippen LogP contribution in [0.25, 0.3) is 0 Å². The maximum atomic E-state index is 12.6. The summed E-state index contributed by atoms with van der Waals surface area (Å²) in [5.41, 5.74) is 6.23. The highest BCUT2D eigenvalue weighted by molar-refractivity contribution is 7.90. The Kier molecular flexibility index (Phi) is 7.03. The van der Waals surface area contributed by atoms with Gasteiger partial charge in [-0.3, -0.25) is 0 Å². The van der Waals surface area contributed by atoms with Crippen LogP contribution in [0, 0.1) is 5.92 Å². The van der Waals surface area contributed by atoms with Crippen LogP contribution in [0.5, 0.6) is 0 Å². The van der Waals surface area contributed by atoms with Crippen molar-refractivity contribution in [3.63, 3.8) is 0 Å². The molecular weight excluding hydrogens is 360 g/mol. The molecule has 9 heteroatoms. The van der Waals surface area contributed by atoms with E-state index in [2.05, 4.69) is 0 Å². The monoisotopic (exact) mass is 382 g/mol. The summed E-state index contributed by atoms with van der Waals surface area (Å²) >= 11 is 0. The lowest BCUT2D eigenvalue weighted by Gasteiger charge is -2.31. The highest BCUT2D eigenvalue weighted by atomic mass is 35.5. The molecule has 1 fully saturated rings. The zero-order valence-electron chi connectivity index (χ0n) is 13.0. The number of hydrogen-bond acceptors (Lipinski definition) is 5. The van der Waals surface area contributed by atoms with Crippen molar-refractivity contribution in [1.82, 2.24) is 4.31 Å². The number of nitrogens with two attached hydrogens (primary N) is 1. The van der Waals surface area contributed by atoms with Crippen LogP contribution in [0.1, 0.15) is 18.4 Å². The van der Waals surface area contributed by atoms with E-state index in [1.807, 2.05) is 0 Å². The van der Waals surface area contributed by atoms with Crippen LogP contribution in [0.4, 0.5) is 0 Å². The fourth-order valence-electron chi connectivity index (χ4n) is 2.65. The number of piperidine rings is 1. The normalized spacial score (nSPS) is 20.0. The van der Waals surface area contributed by atoms with Gasteiger partial charge in [-0.25, -0.2) is 16.8 Å². The lowest BCUT2D eigenvalue weighted by molar-refractivity contribution is 0.271. The van der Waals surface area contributed by atoms with Crippen molar-refractivity contribution in [2.24, 2.45) is 11.7 Å². The van der Waals surface area contributed by atoms with Gasteiger partial charge in [0, 0.05) is 19.3 Å². The molecule has 2 N–H and O–H groups in total. The summed E-state index contributed by atoms with van der Waals surface area (Å²) in [5, 5.41) is 0. The molecule has 0 aliphatic carbocycles. The van der Waals surface area contributed by atoms with E-state index in [1.54, 1.807) is 12.1 Å². The molecular formula is C14H23ClN2O4S2. The van der Waals surface area contributed by atoms with Crippen molar-refractivity contribution in [1.29, 1.82) is 0 Å². The lowest BCUT2D eigenvalue weighted by Crippen LogP contribution is -2.41. The Morgan fingerprint density at radius 1 is 1.17 bits per heavy atom. The average Bonchev–Trinajstić information content (AvgIpc) is 2.46. The van der Waals surface area contributed by atoms with Crippen molar-refractivity contribution < 1.29 is 16.8 Å². The minimum atomic E-state index is -3.54. The summed E-state index contributed by atoms with van der Waals surface area (Å²) in [5.74, 6) is 0.111. The van der Waals surface area contributed by atoms with Crippen LogP contribution < -0.4 is 5.73 Å². The Labute approximate surface area is 144 Å². The van der Waals surface area contributed by atoms with Crippen LogP contribution in [0.15, 0.2) is 29.2 Å². The summed E-state index contributed by atoms with van der Waals surface area (Å²) in [7, 11) is -6.67. The van der Waals surface area contributed by atoms with Gasteiger partial charge in [-0.2, -0.15) is 4.31 Å². The number of hydrogen-bond donors (Lipinski definition) is 1. The molecule has 1 saturated heterocycles. The van der Waals surface area contributed by atoms with Gasteiger partial charge in [0.2, 0.25) is 10.0 Å². The molecule has 0 spiro atoms. The van der Waals surface area contributed by atoms with Crippen LogP contribution in [-0.4, -0.2) is 47.0 Å². The predicted octanol–water partition coefficient (Wildman–Crippen LogP) is 1.01. The van der Waals surface area contributed by atoms with Gasteiger partial charge in [-0.05, 0) is 43.0 Å². The first-order valence-corrected chi connectivity index (χ1v) is 10.7. The predicted molar refractivity (Wildman–Crippen MR) is 92.8 cm³/mol. The number of rotatable bonds is 5.